The highest BCUT2D eigenvalue weighted by atomic mass is 35.5. The SMILES string of the molecule is O=C1CSC(=NN=Cc2ccc(Cl)cc2OC(F)F)N1. The van der Waals surface area contributed by atoms with Gasteiger partial charge in [0, 0.05) is 10.6 Å². The lowest BCUT2D eigenvalue weighted by Gasteiger charge is -2.07. The van der Waals surface area contributed by atoms with Crippen LogP contribution in [0.15, 0.2) is 28.4 Å². The molecule has 1 aromatic carbocycles. The van der Waals surface area contributed by atoms with Crippen LogP contribution in [0.4, 0.5) is 8.78 Å². The van der Waals surface area contributed by atoms with E-state index in [4.69, 9.17) is 11.6 Å². The van der Waals surface area contributed by atoms with Gasteiger partial charge in [0.2, 0.25) is 5.91 Å². The molecule has 0 aromatic heterocycles. The highest BCUT2D eigenvalue weighted by Crippen LogP contribution is 2.23. The molecule has 1 fully saturated rings. The lowest BCUT2D eigenvalue weighted by molar-refractivity contribution is -0.116. The van der Waals surface area contributed by atoms with E-state index in [9.17, 15) is 13.6 Å². The molecular formula is C11H8ClF2N3O2S. The Morgan fingerprint density at radius 2 is 2.30 bits per heavy atom. The molecule has 20 heavy (non-hydrogen) atoms. The molecule has 1 aromatic rings. The van der Waals surface area contributed by atoms with Crippen LogP contribution in [0.3, 0.4) is 0 Å². The zero-order chi connectivity index (χ0) is 14.5. The molecule has 1 heterocycles. The summed E-state index contributed by atoms with van der Waals surface area (Å²) in [5.74, 6) is 0.0337. The van der Waals surface area contributed by atoms with E-state index >= 15 is 0 Å². The van der Waals surface area contributed by atoms with Crippen molar-refractivity contribution >= 4 is 40.7 Å². The maximum absolute atomic E-state index is 12.3. The van der Waals surface area contributed by atoms with Crippen LogP contribution in [0.25, 0.3) is 0 Å². The third-order valence-electron chi connectivity index (χ3n) is 2.12. The molecule has 9 heteroatoms. The third-order valence-corrected chi connectivity index (χ3v) is 3.22. The first kappa shape index (κ1) is 14.7. The molecule has 1 aliphatic heterocycles. The van der Waals surface area contributed by atoms with E-state index in [0.29, 0.717) is 10.7 Å². The molecule has 0 aliphatic carbocycles. The fourth-order valence-electron chi connectivity index (χ4n) is 1.34. The normalized spacial score (nSPS) is 17.2. The molecule has 0 radical (unpaired) electrons. The lowest BCUT2D eigenvalue weighted by atomic mass is 10.2. The maximum atomic E-state index is 12.3. The van der Waals surface area contributed by atoms with Gasteiger partial charge in [-0.15, -0.1) is 5.10 Å². The largest absolute Gasteiger partial charge is 0.434 e. The van der Waals surface area contributed by atoms with Gasteiger partial charge in [-0.25, -0.2) is 0 Å². The number of amidine groups is 1. The van der Waals surface area contributed by atoms with E-state index in [1.54, 1.807) is 0 Å². The Bertz CT molecular complexity index is 581. The van der Waals surface area contributed by atoms with Crippen molar-refractivity contribution in [3.8, 4) is 5.75 Å². The summed E-state index contributed by atoms with van der Waals surface area (Å²) in [5, 5.41) is 10.6. The lowest BCUT2D eigenvalue weighted by Crippen LogP contribution is -2.19. The van der Waals surface area contributed by atoms with Crippen molar-refractivity contribution < 1.29 is 18.3 Å². The van der Waals surface area contributed by atoms with Crippen molar-refractivity contribution in [2.75, 3.05) is 5.75 Å². The molecule has 2 rings (SSSR count). The number of halogens is 3. The predicted molar refractivity (Wildman–Crippen MR) is 73.7 cm³/mol. The first-order valence-electron chi connectivity index (χ1n) is 5.32. The Labute approximate surface area is 122 Å². The average Bonchev–Trinajstić information content (AvgIpc) is 2.77. The van der Waals surface area contributed by atoms with Crippen molar-refractivity contribution in [3.05, 3.63) is 28.8 Å². The second-order valence-corrected chi connectivity index (χ2v) is 4.95. The Balaban J connectivity index is 2.14. The van der Waals surface area contributed by atoms with Gasteiger partial charge in [-0.3, -0.25) is 4.79 Å². The topological polar surface area (TPSA) is 63.0 Å². The van der Waals surface area contributed by atoms with Crippen molar-refractivity contribution in [2.24, 2.45) is 10.2 Å². The molecule has 0 bridgehead atoms. The van der Waals surface area contributed by atoms with Crippen LogP contribution in [0.5, 0.6) is 5.75 Å². The Hall–Kier alpha value is -1.67. The Kier molecular flexibility index (Phi) is 4.91. The second-order valence-electron chi connectivity index (χ2n) is 3.55. The smallest absolute Gasteiger partial charge is 0.387 e. The van der Waals surface area contributed by atoms with Gasteiger partial charge in [0.1, 0.15) is 5.75 Å². The summed E-state index contributed by atoms with van der Waals surface area (Å²) < 4.78 is 28.8. The van der Waals surface area contributed by atoms with Crippen LogP contribution in [-0.2, 0) is 4.79 Å². The number of nitrogens with one attached hydrogen (secondary N) is 1. The first-order chi connectivity index (χ1) is 9.54. The minimum absolute atomic E-state index is 0.0976. The zero-order valence-electron chi connectivity index (χ0n) is 9.85. The number of hydrogen-bond donors (Lipinski definition) is 1. The molecule has 0 spiro atoms. The Morgan fingerprint density at radius 1 is 1.50 bits per heavy atom. The fourth-order valence-corrected chi connectivity index (χ4v) is 2.13. The summed E-state index contributed by atoms with van der Waals surface area (Å²) in [4.78, 5) is 10.9. The quantitative estimate of drug-likeness (QED) is 0.685. The number of benzene rings is 1. The van der Waals surface area contributed by atoms with Crippen LogP contribution < -0.4 is 10.1 Å². The van der Waals surface area contributed by atoms with E-state index in [-0.39, 0.29) is 22.4 Å². The molecule has 0 saturated carbocycles. The standard InChI is InChI=1S/C11H8ClF2N3O2S/c12-7-2-1-6(8(3-7)19-10(13)14)4-15-17-11-16-9(18)5-20-11/h1-4,10H,5H2,(H,16,17,18). The van der Waals surface area contributed by atoms with Crippen LogP contribution in [0, 0.1) is 0 Å². The molecule has 1 aliphatic rings. The second kappa shape index (κ2) is 6.67. The minimum Gasteiger partial charge on any atom is -0.434 e. The predicted octanol–water partition coefficient (Wildman–Crippen LogP) is 2.49. The summed E-state index contributed by atoms with van der Waals surface area (Å²) in [6.07, 6.45) is 1.24. The average molecular weight is 320 g/mol. The van der Waals surface area contributed by atoms with Gasteiger partial charge < -0.3 is 10.1 Å². The van der Waals surface area contributed by atoms with Gasteiger partial charge >= 0.3 is 6.61 Å². The number of nitrogens with zero attached hydrogens (tertiary/aromatic N) is 2. The van der Waals surface area contributed by atoms with Gasteiger partial charge in [0.05, 0.1) is 12.0 Å². The molecule has 1 N–H and O–H groups in total. The first-order valence-corrected chi connectivity index (χ1v) is 6.69. The van der Waals surface area contributed by atoms with Gasteiger partial charge in [0.25, 0.3) is 0 Å². The third kappa shape index (κ3) is 4.17. The van der Waals surface area contributed by atoms with Crippen LogP contribution in [0.1, 0.15) is 5.56 Å². The van der Waals surface area contributed by atoms with Crippen molar-refractivity contribution in [1.82, 2.24) is 5.32 Å². The summed E-state index contributed by atoms with van der Waals surface area (Å²) in [6, 6.07) is 4.25. The highest BCUT2D eigenvalue weighted by molar-refractivity contribution is 8.15. The monoisotopic (exact) mass is 319 g/mol. The molecule has 0 unspecified atom stereocenters. The maximum Gasteiger partial charge on any atom is 0.387 e. The number of rotatable bonds is 4. The van der Waals surface area contributed by atoms with Crippen molar-refractivity contribution in [3.63, 3.8) is 0 Å². The van der Waals surface area contributed by atoms with Gasteiger partial charge in [-0.05, 0) is 18.2 Å². The molecule has 106 valence electrons. The van der Waals surface area contributed by atoms with E-state index in [1.807, 2.05) is 0 Å². The summed E-state index contributed by atoms with van der Waals surface area (Å²) in [5.41, 5.74) is 0.299. The van der Waals surface area contributed by atoms with Crippen molar-refractivity contribution in [1.29, 1.82) is 0 Å². The number of carbonyl (C=O) groups is 1. The van der Waals surface area contributed by atoms with Gasteiger partial charge in [0.15, 0.2) is 5.17 Å². The van der Waals surface area contributed by atoms with E-state index in [0.717, 1.165) is 0 Å². The summed E-state index contributed by atoms with van der Waals surface area (Å²) in [7, 11) is 0. The number of carbonyl (C=O) groups excluding carboxylic acids is 1. The highest BCUT2D eigenvalue weighted by Gasteiger charge is 2.16. The van der Waals surface area contributed by atoms with Crippen molar-refractivity contribution in [2.45, 2.75) is 6.61 Å². The Morgan fingerprint density at radius 3 is 2.95 bits per heavy atom. The zero-order valence-corrected chi connectivity index (χ0v) is 11.4. The summed E-state index contributed by atoms with van der Waals surface area (Å²) in [6.45, 7) is -2.96. The molecule has 1 saturated heterocycles. The molecule has 1 amide bonds. The number of hydrogen-bond acceptors (Lipinski definition) is 5. The van der Waals surface area contributed by atoms with Gasteiger partial charge in [-0.2, -0.15) is 13.9 Å². The fraction of sp³-hybridized carbons (Fsp3) is 0.182. The number of ether oxygens (including phenoxy) is 1. The summed E-state index contributed by atoms with van der Waals surface area (Å²) >= 11 is 6.91. The van der Waals surface area contributed by atoms with E-state index in [2.05, 4.69) is 20.3 Å². The molecule has 0 atom stereocenters. The van der Waals surface area contributed by atoms with Crippen LogP contribution in [-0.4, -0.2) is 29.7 Å². The van der Waals surface area contributed by atoms with Gasteiger partial charge in [-0.1, -0.05) is 23.4 Å². The van der Waals surface area contributed by atoms with Crippen LogP contribution >= 0.6 is 23.4 Å². The minimum atomic E-state index is -2.96. The number of alkyl halides is 2. The van der Waals surface area contributed by atoms with Crippen LogP contribution in [0.2, 0.25) is 5.02 Å². The number of thioether (sulfide) groups is 1. The van der Waals surface area contributed by atoms with E-state index < -0.39 is 6.61 Å². The molecular weight excluding hydrogens is 312 g/mol. The van der Waals surface area contributed by atoms with E-state index in [1.165, 1.54) is 36.2 Å². The number of amides is 1. The molecule has 5 nitrogen and oxygen atoms in total.